The molecule has 1 aromatic heterocycles. The molecule has 2 amide bonds. The smallest absolute Gasteiger partial charge is 0.268 e. The van der Waals surface area contributed by atoms with E-state index in [0.717, 1.165) is 66.3 Å². The fourth-order valence-electron chi connectivity index (χ4n) is 8.43. The molecule has 4 heteroatoms. The molecule has 266 valence electrons. The number of aryl methyl sites for hydroxylation is 2. The molecule has 0 radical (unpaired) electrons. The van der Waals surface area contributed by atoms with Crippen molar-refractivity contribution in [3.63, 3.8) is 0 Å². The maximum absolute atomic E-state index is 15.4. The number of aromatic nitrogens is 1. The molecule has 1 aliphatic rings. The molecule has 0 atom stereocenters. The average Bonchev–Trinajstić information content (AvgIpc) is 3.72. The third kappa shape index (κ3) is 5.22. The Hall–Kier alpha value is -7.30. The van der Waals surface area contributed by atoms with Crippen molar-refractivity contribution in [1.29, 1.82) is 0 Å². The number of hydrogen-bond acceptors (Lipinski definition) is 2. The number of benzene rings is 8. The van der Waals surface area contributed by atoms with E-state index in [2.05, 4.69) is 103 Å². The number of para-hydroxylation sites is 3. The van der Waals surface area contributed by atoms with Gasteiger partial charge in [0.25, 0.3) is 11.8 Å². The monoisotopic (exact) mass is 720 g/mol. The van der Waals surface area contributed by atoms with Crippen molar-refractivity contribution in [3.05, 3.63) is 204 Å². The average molecular weight is 721 g/mol. The van der Waals surface area contributed by atoms with Crippen molar-refractivity contribution in [3.8, 4) is 50.2 Å². The summed E-state index contributed by atoms with van der Waals surface area (Å²) in [4.78, 5) is 31.8. The van der Waals surface area contributed by atoms with Crippen molar-refractivity contribution in [1.82, 2.24) is 4.57 Å². The van der Waals surface area contributed by atoms with Crippen LogP contribution in [0.25, 0.3) is 72.0 Å². The predicted octanol–water partition coefficient (Wildman–Crippen LogP) is 12.9. The van der Waals surface area contributed by atoms with Gasteiger partial charge in [-0.1, -0.05) is 181 Å². The first-order valence-electron chi connectivity index (χ1n) is 18.9. The van der Waals surface area contributed by atoms with E-state index in [1.165, 1.54) is 16.0 Å². The number of imide groups is 1. The molecule has 8 aromatic carbocycles. The molecule has 10 rings (SSSR count). The maximum Gasteiger partial charge on any atom is 0.268 e. The largest absolute Gasteiger partial charge is 0.307 e. The molecule has 4 nitrogen and oxygen atoms in total. The third-order valence-electron chi connectivity index (χ3n) is 11.1. The summed E-state index contributed by atoms with van der Waals surface area (Å²) in [5, 5.41) is 2.14. The van der Waals surface area contributed by atoms with Crippen LogP contribution in [0.2, 0.25) is 0 Å². The predicted molar refractivity (Wildman–Crippen MR) is 230 cm³/mol. The van der Waals surface area contributed by atoms with Crippen LogP contribution in [0.5, 0.6) is 0 Å². The van der Waals surface area contributed by atoms with Gasteiger partial charge in [-0.05, 0) is 48.2 Å². The minimum atomic E-state index is -0.350. The molecule has 2 heterocycles. The van der Waals surface area contributed by atoms with E-state index in [9.17, 15) is 4.79 Å². The number of carbonyl (C=O) groups is 2. The van der Waals surface area contributed by atoms with Crippen LogP contribution in [-0.2, 0) is 0 Å². The molecule has 0 N–H and O–H groups in total. The lowest BCUT2D eigenvalue weighted by molar-refractivity contribution is 0.0926. The molecule has 0 saturated heterocycles. The maximum atomic E-state index is 15.4. The van der Waals surface area contributed by atoms with Crippen LogP contribution in [0.1, 0.15) is 31.8 Å². The Morgan fingerprint density at radius 3 is 1.27 bits per heavy atom. The standard InChI is InChI=1S/C52H36N2O2/c1-33-25-29-37(30-26-33)41-19-10-21-43-44-22-11-20-42(38-31-27-34(2)28-32-38)50(44)53(49(41)43)46-24-12-23-45-47(46)52(56)54(51(45)55)48-39(35-13-5-3-6-14-35)17-9-18-40(48)36-15-7-4-8-16-36/h3-32H,1-2H3. The molecule has 9 aromatic rings. The van der Waals surface area contributed by atoms with Crippen LogP contribution in [0.4, 0.5) is 5.69 Å². The number of anilines is 1. The molecular formula is C52H36N2O2. The van der Waals surface area contributed by atoms with Crippen molar-refractivity contribution >= 4 is 39.3 Å². The summed E-state index contributed by atoms with van der Waals surface area (Å²) in [6.07, 6.45) is 0. The Balaban J connectivity index is 1.28. The lowest BCUT2D eigenvalue weighted by Crippen LogP contribution is -2.30. The Morgan fingerprint density at radius 1 is 0.357 bits per heavy atom. The van der Waals surface area contributed by atoms with Gasteiger partial charge in [0.1, 0.15) is 0 Å². The number of fused-ring (bicyclic) bond motifs is 4. The van der Waals surface area contributed by atoms with Gasteiger partial charge < -0.3 is 4.57 Å². The minimum Gasteiger partial charge on any atom is -0.307 e. The number of nitrogens with zero attached hydrogens (tertiary/aromatic N) is 2. The molecule has 0 saturated carbocycles. The molecule has 0 fully saturated rings. The summed E-state index contributed by atoms with van der Waals surface area (Å²) in [6, 6.07) is 61.6. The number of carbonyl (C=O) groups excluding carboxylic acids is 2. The Bertz CT molecular complexity index is 2840. The van der Waals surface area contributed by atoms with E-state index < -0.39 is 0 Å². The van der Waals surface area contributed by atoms with Gasteiger partial charge in [-0.2, -0.15) is 0 Å². The van der Waals surface area contributed by atoms with E-state index in [0.29, 0.717) is 22.5 Å². The normalized spacial score (nSPS) is 12.5. The van der Waals surface area contributed by atoms with Crippen LogP contribution >= 0.6 is 0 Å². The molecule has 0 aliphatic carbocycles. The molecule has 0 spiro atoms. The van der Waals surface area contributed by atoms with Gasteiger partial charge in [0.2, 0.25) is 0 Å². The van der Waals surface area contributed by atoms with Crippen LogP contribution in [0.3, 0.4) is 0 Å². The summed E-state index contributed by atoms with van der Waals surface area (Å²) in [7, 11) is 0. The zero-order valence-corrected chi connectivity index (χ0v) is 31.0. The topological polar surface area (TPSA) is 42.3 Å². The van der Waals surface area contributed by atoms with Crippen molar-refractivity contribution < 1.29 is 9.59 Å². The number of rotatable bonds is 6. The van der Waals surface area contributed by atoms with Gasteiger partial charge >= 0.3 is 0 Å². The van der Waals surface area contributed by atoms with Gasteiger partial charge in [-0.3, -0.25) is 9.59 Å². The van der Waals surface area contributed by atoms with E-state index in [1.807, 2.05) is 91.0 Å². The van der Waals surface area contributed by atoms with Gasteiger partial charge in [0.15, 0.2) is 0 Å². The molecule has 56 heavy (non-hydrogen) atoms. The fourth-order valence-corrected chi connectivity index (χ4v) is 8.43. The number of hydrogen-bond donors (Lipinski definition) is 0. The summed E-state index contributed by atoms with van der Waals surface area (Å²) >= 11 is 0. The van der Waals surface area contributed by atoms with Crippen molar-refractivity contribution in [2.75, 3.05) is 4.90 Å². The first-order valence-corrected chi connectivity index (χ1v) is 18.9. The summed E-state index contributed by atoms with van der Waals surface area (Å²) < 4.78 is 2.24. The van der Waals surface area contributed by atoms with Crippen molar-refractivity contribution in [2.24, 2.45) is 0 Å². The SMILES string of the molecule is Cc1ccc(-c2cccc3c4cccc(-c5ccc(C)cc5)c4n(-c4cccc5c4C(=O)N(c4c(-c6ccccc6)cccc4-c4ccccc4)C5=O)c23)cc1. The highest BCUT2D eigenvalue weighted by Gasteiger charge is 2.41. The quantitative estimate of drug-likeness (QED) is 0.161. The number of amides is 2. The summed E-state index contributed by atoms with van der Waals surface area (Å²) in [5.74, 6) is -0.692. The van der Waals surface area contributed by atoms with Crippen LogP contribution < -0.4 is 4.90 Å². The van der Waals surface area contributed by atoms with Crippen LogP contribution in [-0.4, -0.2) is 16.4 Å². The highest BCUT2D eigenvalue weighted by atomic mass is 16.2. The molecule has 0 unspecified atom stereocenters. The van der Waals surface area contributed by atoms with Gasteiger partial charge in [0.05, 0.1) is 33.5 Å². The van der Waals surface area contributed by atoms with E-state index >= 15 is 4.79 Å². The van der Waals surface area contributed by atoms with Crippen LogP contribution in [0.15, 0.2) is 182 Å². The highest BCUT2D eigenvalue weighted by Crippen LogP contribution is 2.47. The zero-order chi connectivity index (χ0) is 37.9. The Kier molecular flexibility index (Phi) is 7.86. The first kappa shape index (κ1) is 33.3. The second-order valence-electron chi connectivity index (χ2n) is 14.6. The molecule has 1 aliphatic heterocycles. The van der Waals surface area contributed by atoms with Gasteiger partial charge in [-0.25, -0.2) is 4.90 Å². The Labute approximate surface area is 325 Å². The van der Waals surface area contributed by atoms with Gasteiger partial charge in [0, 0.05) is 33.0 Å². The lowest BCUT2D eigenvalue weighted by atomic mass is 9.95. The van der Waals surface area contributed by atoms with Gasteiger partial charge in [-0.15, -0.1) is 0 Å². The minimum absolute atomic E-state index is 0.342. The fraction of sp³-hybridized carbons (Fsp3) is 0.0385. The summed E-state index contributed by atoms with van der Waals surface area (Å²) in [6.45, 7) is 4.19. The molecular weight excluding hydrogens is 685 g/mol. The molecule has 0 bridgehead atoms. The first-order chi connectivity index (χ1) is 27.5. The highest BCUT2D eigenvalue weighted by molar-refractivity contribution is 6.37. The Morgan fingerprint density at radius 2 is 0.768 bits per heavy atom. The van der Waals surface area contributed by atoms with Crippen LogP contribution in [0, 0.1) is 13.8 Å². The van der Waals surface area contributed by atoms with E-state index in [4.69, 9.17) is 0 Å². The summed E-state index contributed by atoms with van der Waals surface area (Å²) in [5.41, 5.74) is 14.0. The third-order valence-corrected chi connectivity index (χ3v) is 11.1. The second-order valence-corrected chi connectivity index (χ2v) is 14.6. The van der Waals surface area contributed by atoms with E-state index in [1.54, 1.807) is 6.07 Å². The second kappa shape index (κ2) is 13.2. The van der Waals surface area contributed by atoms with Crippen molar-refractivity contribution in [2.45, 2.75) is 13.8 Å². The lowest BCUT2D eigenvalue weighted by Gasteiger charge is -2.23. The van der Waals surface area contributed by atoms with E-state index in [-0.39, 0.29) is 11.8 Å². The zero-order valence-electron chi connectivity index (χ0n) is 31.0.